The van der Waals surface area contributed by atoms with Crippen LogP contribution in [0.25, 0.3) is 6.08 Å². The summed E-state index contributed by atoms with van der Waals surface area (Å²) in [7, 11) is 0. The Balaban J connectivity index is 1.32. The van der Waals surface area contributed by atoms with Crippen LogP contribution < -0.4 is 9.47 Å². The molecule has 3 aliphatic rings. The number of carbonyl (C=O) groups is 1. The van der Waals surface area contributed by atoms with E-state index in [-0.39, 0.29) is 12.7 Å². The minimum atomic E-state index is 0.0908. The van der Waals surface area contributed by atoms with Gasteiger partial charge in [0.25, 0.3) is 0 Å². The topological polar surface area (TPSA) is 42.0 Å². The molecule has 3 heterocycles. The average Bonchev–Trinajstić information content (AvgIpc) is 3.14. The molecule has 3 aliphatic heterocycles. The Labute approximate surface area is 130 Å². The summed E-state index contributed by atoms with van der Waals surface area (Å²) in [5.41, 5.74) is 0.953. The summed E-state index contributed by atoms with van der Waals surface area (Å²) in [6.45, 7) is 4.39. The van der Waals surface area contributed by atoms with E-state index in [0.29, 0.717) is 6.04 Å². The Bertz CT molecular complexity index is 602. The van der Waals surface area contributed by atoms with Crippen molar-refractivity contribution in [2.45, 2.75) is 18.9 Å². The van der Waals surface area contributed by atoms with Crippen molar-refractivity contribution in [1.29, 1.82) is 0 Å². The van der Waals surface area contributed by atoms with Crippen molar-refractivity contribution in [2.24, 2.45) is 0 Å². The molecule has 5 heteroatoms. The predicted octanol–water partition coefficient (Wildman–Crippen LogP) is 1.74. The van der Waals surface area contributed by atoms with Crippen LogP contribution in [0.5, 0.6) is 11.5 Å². The Hall–Kier alpha value is -2.01. The molecule has 1 aromatic carbocycles. The van der Waals surface area contributed by atoms with E-state index in [1.54, 1.807) is 6.08 Å². The zero-order chi connectivity index (χ0) is 14.9. The average molecular weight is 300 g/mol. The number of amides is 1. The fraction of sp³-hybridized carbons (Fsp3) is 0.471. The molecule has 0 aromatic heterocycles. The molecule has 4 rings (SSSR count). The molecule has 0 atom stereocenters. The molecule has 0 bridgehead atoms. The number of carbonyl (C=O) groups excluding carboxylic acids is 1. The highest BCUT2D eigenvalue weighted by molar-refractivity contribution is 5.92. The standard InChI is InChI=1S/C17H20N2O3/c20-17(19-10-14(11-19)18-7-1-2-8-18)6-4-13-3-5-15-16(9-13)22-12-21-15/h3-6,9,14H,1-2,7-8,10-12H2. The van der Waals surface area contributed by atoms with Crippen molar-refractivity contribution in [3.8, 4) is 11.5 Å². The summed E-state index contributed by atoms with van der Waals surface area (Å²) in [4.78, 5) is 16.6. The van der Waals surface area contributed by atoms with Gasteiger partial charge < -0.3 is 14.4 Å². The highest BCUT2D eigenvalue weighted by atomic mass is 16.7. The van der Waals surface area contributed by atoms with Gasteiger partial charge in [-0.15, -0.1) is 0 Å². The molecule has 0 unspecified atom stereocenters. The number of likely N-dealkylation sites (tertiary alicyclic amines) is 2. The predicted molar refractivity (Wildman–Crippen MR) is 82.8 cm³/mol. The number of fused-ring (bicyclic) bond motifs is 1. The molecular formula is C17H20N2O3. The molecule has 1 amide bonds. The molecule has 0 saturated carbocycles. The largest absolute Gasteiger partial charge is 0.454 e. The fourth-order valence-electron chi connectivity index (χ4n) is 3.26. The van der Waals surface area contributed by atoms with E-state index in [1.807, 2.05) is 29.2 Å². The summed E-state index contributed by atoms with van der Waals surface area (Å²) in [5, 5.41) is 0. The minimum Gasteiger partial charge on any atom is -0.454 e. The molecule has 0 N–H and O–H groups in total. The third-order valence-corrected chi connectivity index (χ3v) is 4.65. The van der Waals surface area contributed by atoms with Crippen LogP contribution in [-0.4, -0.2) is 54.7 Å². The zero-order valence-electron chi connectivity index (χ0n) is 12.5. The maximum Gasteiger partial charge on any atom is 0.246 e. The van der Waals surface area contributed by atoms with Crippen LogP contribution in [-0.2, 0) is 4.79 Å². The SMILES string of the molecule is O=C(C=Cc1ccc2c(c1)OCO2)N1CC(N2CCCC2)C1. The van der Waals surface area contributed by atoms with Gasteiger partial charge in [-0.2, -0.15) is 0 Å². The number of rotatable bonds is 3. The fourth-order valence-corrected chi connectivity index (χ4v) is 3.26. The molecule has 5 nitrogen and oxygen atoms in total. The van der Waals surface area contributed by atoms with E-state index >= 15 is 0 Å². The van der Waals surface area contributed by atoms with Crippen LogP contribution in [0.4, 0.5) is 0 Å². The van der Waals surface area contributed by atoms with Crippen LogP contribution in [0.1, 0.15) is 18.4 Å². The maximum atomic E-state index is 12.2. The molecular weight excluding hydrogens is 280 g/mol. The van der Waals surface area contributed by atoms with Gasteiger partial charge in [-0.25, -0.2) is 0 Å². The summed E-state index contributed by atoms with van der Waals surface area (Å²) in [6.07, 6.45) is 6.09. The van der Waals surface area contributed by atoms with Crippen molar-refractivity contribution in [3.63, 3.8) is 0 Å². The van der Waals surface area contributed by atoms with E-state index in [9.17, 15) is 4.79 Å². The monoisotopic (exact) mass is 300 g/mol. The number of hydrogen-bond donors (Lipinski definition) is 0. The van der Waals surface area contributed by atoms with E-state index in [0.717, 1.165) is 30.2 Å². The lowest BCUT2D eigenvalue weighted by Gasteiger charge is -2.43. The van der Waals surface area contributed by atoms with Crippen LogP contribution in [0.2, 0.25) is 0 Å². The quantitative estimate of drug-likeness (QED) is 0.797. The molecule has 2 fully saturated rings. The minimum absolute atomic E-state index is 0.0908. The van der Waals surface area contributed by atoms with Crippen LogP contribution in [0.3, 0.4) is 0 Å². The number of benzene rings is 1. The van der Waals surface area contributed by atoms with Gasteiger partial charge in [0, 0.05) is 25.2 Å². The number of hydrogen-bond acceptors (Lipinski definition) is 4. The van der Waals surface area contributed by atoms with Gasteiger partial charge in [-0.05, 0) is 49.7 Å². The Morgan fingerprint density at radius 3 is 2.73 bits per heavy atom. The second kappa shape index (κ2) is 5.65. The maximum absolute atomic E-state index is 12.2. The molecule has 0 radical (unpaired) electrons. The second-order valence-electron chi connectivity index (χ2n) is 6.09. The molecule has 0 spiro atoms. The highest BCUT2D eigenvalue weighted by Gasteiger charge is 2.34. The van der Waals surface area contributed by atoms with Crippen molar-refractivity contribution in [1.82, 2.24) is 9.80 Å². The lowest BCUT2D eigenvalue weighted by atomic mass is 10.1. The Morgan fingerprint density at radius 2 is 1.91 bits per heavy atom. The first-order valence-electron chi connectivity index (χ1n) is 7.90. The van der Waals surface area contributed by atoms with E-state index in [4.69, 9.17) is 9.47 Å². The van der Waals surface area contributed by atoms with Gasteiger partial charge in [0.2, 0.25) is 12.7 Å². The Morgan fingerprint density at radius 1 is 1.14 bits per heavy atom. The third kappa shape index (κ3) is 2.57. The molecule has 1 aromatic rings. The first-order chi connectivity index (χ1) is 10.8. The number of ether oxygens (including phenoxy) is 2. The van der Waals surface area contributed by atoms with E-state index in [2.05, 4.69) is 4.90 Å². The summed E-state index contributed by atoms with van der Waals surface area (Å²) in [6, 6.07) is 6.28. The first kappa shape index (κ1) is 13.6. The van der Waals surface area contributed by atoms with Gasteiger partial charge in [0.1, 0.15) is 0 Å². The van der Waals surface area contributed by atoms with Crippen LogP contribution >= 0.6 is 0 Å². The first-order valence-corrected chi connectivity index (χ1v) is 7.90. The third-order valence-electron chi connectivity index (χ3n) is 4.65. The van der Waals surface area contributed by atoms with E-state index in [1.165, 1.54) is 25.9 Å². The smallest absolute Gasteiger partial charge is 0.246 e. The van der Waals surface area contributed by atoms with Gasteiger partial charge in [-0.3, -0.25) is 9.69 Å². The summed E-state index contributed by atoms with van der Waals surface area (Å²) >= 11 is 0. The van der Waals surface area contributed by atoms with E-state index < -0.39 is 0 Å². The molecule has 22 heavy (non-hydrogen) atoms. The van der Waals surface area contributed by atoms with Gasteiger partial charge >= 0.3 is 0 Å². The highest BCUT2D eigenvalue weighted by Crippen LogP contribution is 2.32. The summed E-state index contributed by atoms with van der Waals surface area (Å²) < 4.78 is 10.6. The second-order valence-corrected chi connectivity index (χ2v) is 6.09. The van der Waals surface area contributed by atoms with Gasteiger partial charge in [-0.1, -0.05) is 6.07 Å². The summed E-state index contributed by atoms with van der Waals surface area (Å²) in [5.74, 6) is 1.60. The van der Waals surface area contributed by atoms with Crippen molar-refractivity contribution in [3.05, 3.63) is 29.8 Å². The Kier molecular flexibility index (Phi) is 3.50. The molecule has 2 saturated heterocycles. The van der Waals surface area contributed by atoms with Crippen molar-refractivity contribution in [2.75, 3.05) is 33.0 Å². The molecule has 116 valence electrons. The normalized spacial score (nSPS) is 21.5. The van der Waals surface area contributed by atoms with Crippen molar-refractivity contribution >= 4 is 12.0 Å². The lowest BCUT2D eigenvalue weighted by molar-refractivity contribution is -0.132. The molecule has 0 aliphatic carbocycles. The zero-order valence-corrected chi connectivity index (χ0v) is 12.5. The lowest BCUT2D eigenvalue weighted by Crippen LogP contribution is -2.60. The van der Waals surface area contributed by atoms with Crippen LogP contribution in [0.15, 0.2) is 24.3 Å². The van der Waals surface area contributed by atoms with Crippen molar-refractivity contribution < 1.29 is 14.3 Å². The number of nitrogens with zero attached hydrogens (tertiary/aromatic N) is 2. The van der Waals surface area contributed by atoms with Gasteiger partial charge in [0.05, 0.1) is 0 Å². The van der Waals surface area contributed by atoms with Crippen LogP contribution in [0, 0.1) is 0 Å². The van der Waals surface area contributed by atoms with Gasteiger partial charge in [0.15, 0.2) is 11.5 Å².